The molecule has 1 saturated heterocycles. The number of nitrogens with one attached hydrogen (secondary N) is 8. The summed E-state index contributed by atoms with van der Waals surface area (Å²) >= 11 is 0. The summed E-state index contributed by atoms with van der Waals surface area (Å²) in [5.41, 5.74) is 30.7. The molecule has 0 bridgehead atoms. The van der Waals surface area contributed by atoms with Crippen LogP contribution in [0.1, 0.15) is 178 Å². The van der Waals surface area contributed by atoms with E-state index >= 15 is 0 Å². The first-order valence-corrected chi connectivity index (χ1v) is 27.1. The van der Waals surface area contributed by atoms with Crippen LogP contribution >= 0.6 is 0 Å². The quantitative estimate of drug-likeness (QED) is 0.0525. The Bertz CT molecular complexity index is 1500. The third-order valence-corrected chi connectivity index (χ3v) is 12.1. The number of piperidine rings is 1. The van der Waals surface area contributed by atoms with Crippen molar-refractivity contribution in [1.29, 1.82) is 16.2 Å². The molecule has 0 amide bonds. The average molecular weight is 1070 g/mol. The SMILES string of the molecule is CC.CC.CC(C)NCC1CCC(C(=N)N)CC1.CC(C)NCC1CCC(N)CC1.CC(C)NCC1CCN(C(=N)N)CC1.CC(C)NCc1ccc(C(=N)N)cc1.CC(C)NCc1ccc(N)nc1.[Y]. The van der Waals surface area contributed by atoms with Gasteiger partial charge >= 0.3 is 0 Å². The molecule has 0 atom stereocenters. The van der Waals surface area contributed by atoms with Crippen molar-refractivity contribution in [3.05, 3.63) is 59.3 Å². The number of anilines is 1. The van der Waals surface area contributed by atoms with Crippen molar-refractivity contribution in [2.45, 2.75) is 210 Å². The second-order valence-corrected chi connectivity index (χ2v) is 20.2. The topological polar surface area (TPSA) is 278 Å². The molecule has 1 aromatic carbocycles. The number of amidine groups is 2. The van der Waals surface area contributed by atoms with Crippen LogP contribution in [0.25, 0.3) is 0 Å². The summed E-state index contributed by atoms with van der Waals surface area (Å²) in [6.45, 7) is 36.6. The summed E-state index contributed by atoms with van der Waals surface area (Å²) in [5, 5.41) is 39.0. The molecule has 0 spiro atoms. The zero-order valence-electron chi connectivity index (χ0n) is 47.7. The van der Waals surface area contributed by atoms with Crippen molar-refractivity contribution in [3.63, 3.8) is 0 Å². The molecule has 2 aromatic rings. The van der Waals surface area contributed by atoms with E-state index in [0.29, 0.717) is 53.8 Å². The summed E-state index contributed by atoms with van der Waals surface area (Å²) in [4.78, 5) is 5.95. The zero-order chi connectivity index (χ0) is 53.6. The third kappa shape index (κ3) is 40.3. The molecule has 2 heterocycles. The molecule has 1 aliphatic heterocycles. The number of nitrogen functional groups attached to an aromatic ring is 2. The molecule has 71 heavy (non-hydrogen) atoms. The minimum absolute atomic E-state index is 0. The first-order valence-electron chi connectivity index (χ1n) is 27.1. The van der Waals surface area contributed by atoms with Crippen molar-refractivity contribution in [1.82, 2.24) is 36.5 Å². The fourth-order valence-electron chi connectivity index (χ4n) is 7.64. The van der Waals surface area contributed by atoms with E-state index < -0.39 is 0 Å². The van der Waals surface area contributed by atoms with Gasteiger partial charge in [0.25, 0.3) is 0 Å². The Labute approximate surface area is 460 Å². The number of benzene rings is 1. The summed E-state index contributed by atoms with van der Waals surface area (Å²) < 4.78 is 0. The van der Waals surface area contributed by atoms with Crippen LogP contribution < -0.4 is 55.3 Å². The Morgan fingerprint density at radius 1 is 0.549 bits per heavy atom. The maximum Gasteiger partial charge on any atom is 0.188 e. The molecule has 2 saturated carbocycles. The van der Waals surface area contributed by atoms with Gasteiger partial charge in [0.1, 0.15) is 11.7 Å². The van der Waals surface area contributed by atoms with Gasteiger partial charge in [-0.1, -0.05) is 127 Å². The van der Waals surface area contributed by atoms with Crippen LogP contribution in [-0.4, -0.2) is 96.5 Å². The van der Waals surface area contributed by atoms with Gasteiger partial charge in [-0.2, -0.15) is 0 Å². The molecular weight excluding hydrogens is 960 g/mol. The van der Waals surface area contributed by atoms with E-state index in [1.807, 2.05) is 69.0 Å². The van der Waals surface area contributed by atoms with Crippen molar-refractivity contribution in [3.8, 4) is 0 Å². The molecule has 18 N–H and O–H groups in total. The number of likely N-dealkylation sites (tertiary alicyclic amines) is 1. The normalized spacial score (nSPS) is 18.5. The van der Waals surface area contributed by atoms with Crippen LogP contribution in [0.2, 0.25) is 0 Å². The van der Waals surface area contributed by atoms with Gasteiger partial charge in [-0.3, -0.25) is 16.2 Å². The van der Waals surface area contributed by atoms with Crippen molar-refractivity contribution in [2.24, 2.45) is 46.6 Å². The minimum Gasteiger partial charge on any atom is -0.387 e. The molecule has 0 unspecified atom stereocenters. The maximum absolute atomic E-state index is 7.39. The average Bonchev–Trinajstić information content (AvgIpc) is 3.34. The molecule has 409 valence electrons. The minimum atomic E-state index is 0. The Morgan fingerprint density at radius 3 is 1.25 bits per heavy atom. The van der Waals surface area contributed by atoms with Crippen molar-refractivity contribution in [2.75, 3.05) is 38.5 Å². The molecule has 1 aromatic heterocycles. The van der Waals surface area contributed by atoms with Gasteiger partial charge in [-0.15, -0.1) is 0 Å². The first kappa shape index (κ1) is 72.5. The van der Waals surface area contributed by atoms with Crippen LogP contribution in [0, 0.1) is 39.9 Å². The standard InChI is InChI=1S/C11H23N3.C11H17N3.C10H22N4.C10H22N2.C9H15N3.2C2H6.Y/c2*1-8(2)14-7-9-3-5-10(6-4-9)11(12)13;1-8(2)13-7-9-3-5-14(6-4-9)10(11)12;1-8(2)12-7-9-3-5-10(11)6-4-9;1-7(2)11-5-8-3-4-9(10)12-6-8;2*1-2;/h8-10,14H,3-7H2,1-2H3,(H3,12,13);3-6,8,14H,7H2,1-2H3,(H3,12,13);8-9,13H,3-7H2,1-2H3,(H3,11,12);8-10,12H,3-7,11H2,1-2H3;3-4,6-7,11H,5H2,1-2H3,(H2,10,12);2*1-2H3;. The van der Waals surface area contributed by atoms with Crippen LogP contribution in [0.15, 0.2) is 42.6 Å². The second kappa shape index (κ2) is 44.7. The van der Waals surface area contributed by atoms with Gasteiger partial charge in [0.15, 0.2) is 5.96 Å². The van der Waals surface area contributed by atoms with E-state index in [1.54, 1.807) is 6.20 Å². The summed E-state index contributed by atoms with van der Waals surface area (Å²) in [7, 11) is 0. The second-order valence-electron chi connectivity index (χ2n) is 20.2. The van der Waals surface area contributed by atoms with Crippen LogP contribution in [-0.2, 0) is 45.8 Å². The predicted octanol–water partition coefficient (Wildman–Crippen LogP) is 8.50. The Kier molecular flexibility index (Phi) is 45.6. The molecule has 16 heteroatoms. The number of rotatable bonds is 17. The van der Waals surface area contributed by atoms with Crippen molar-refractivity contribution < 1.29 is 32.7 Å². The van der Waals surface area contributed by atoms with Crippen LogP contribution in [0.4, 0.5) is 5.82 Å². The Hall–Kier alpha value is -2.76. The zero-order valence-corrected chi connectivity index (χ0v) is 50.5. The third-order valence-electron chi connectivity index (χ3n) is 12.1. The number of aromatic nitrogens is 1. The molecule has 2 aliphatic carbocycles. The number of guanidine groups is 1. The summed E-state index contributed by atoms with van der Waals surface area (Å²) in [6, 6.07) is 14.8. The van der Waals surface area contributed by atoms with Gasteiger partial charge in [0.05, 0.1) is 5.84 Å². The van der Waals surface area contributed by atoms with Gasteiger partial charge in [-0.25, -0.2) is 4.98 Å². The monoisotopic (exact) mass is 1070 g/mol. The number of nitrogens with zero attached hydrogens (tertiary/aromatic N) is 2. The number of nitrogens with two attached hydrogens (primary N) is 5. The fraction of sp³-hybridized carbons (Fsp3) is 0.745. The van der Waals surface area contributed by atoms with Crippen molar-refractivity contribution >= 4 is 23.4 Å². The molecule has 15 nitrogen and oxygen atoms in total. The van der Waals surface area contributed by atoms with E-state index in [0.717, 1.165) is 93.8 Å². The molecule has 3 fully saturated rings. The van der Waals surface area contributed by atoms with Gasteiger partial charge in [0.2, 0.25) is 0 Å². The van der Waals surface area contributed by atoms with Gasteiger partial charge in [0, 0.05) is 113 Å². The van der Waals surface area contributed by atoms with Gasteiger partial charge < -0.3 is 60.2 Å². The predicted molar refractivity (Wildman–Crippen MR) is 306 cm³/mol. The van der Waals surface area contributed by atoms with Crippen LogP contribution in [0.5, 0.6) is 0 Å². The Balaban J connectivity index is -0.000000797. The van der Waals surface area contributed by atoms with E-state index in [2.05, 4.69) is 101 Å². The van der Waals surface area contributed by atoms with Crippen LogP contribution in [0.3, 0.4) is 0 Å². The fourth-order valence-corrected chi connectivity index (χ4v) is 7.64. The van der Waals surface area contributed by atoms with E-state index in [-0.39, 0.29) is 44.5 Å². The van der Waals surface area contributed by atoms with Gasteiger partial charge in [-0.05, 0) is 119 Å². The summed E-state index contributed by atoms with van der Waals surface area (Å²) in [6.07, 6.45) is 13.9. The molecule has 3 aliphatic rings. The van der Waals surface area contributed by atoms with E-state index in [9.17, 15) is 0 Å². The maximum atomic E-state index is 7.39. The first-order chi connectivity index (χ1) is 33.1. The molecule has 1 radical (unpaired) electrons. The number of pyridine rings is 1. The molecule has 5 rings (SSSR count). The smallest absolute Gasteiger partial charge is 0.188 e. The number of hydrogen-bond donors (Lipinski definition) is 13. The van der Waals surface area contributed by atoms with E-state index in [1.165, 1.54) is 50.6 Å². The Morgan fingerprint density at radius 2 is 0.915 bits per heavy atom. The molecular formula is C55H111N15Y. The largest absolute Gasteiger partial charge is 0.387 e. The van der Waals surface area contributed by atoms with E-state index in [4.69, 9.17) is 44.9 Å². The summed E-state index contributed by atoms with van der Waals surface area (Å²) in [5.74, 6) is 4.11. The number of hydrogen-bond acceptors (Lipinski definition) is 11.